The van der Waals surface area contributed by atoms with Crippen LogP contribution in [-0.4, -0.2) is 23.3 Å². The van der Waals surface area contributed by atoms with E-state index in [1.807, 2.05) is 0 Å². The third-order valence-corrected chi connectivity index (χ3v) is 2.75. The van der Waals surface area contributed by atoms with E-state index in [1.165, 1.54) is 19.2 Å². The van der Waals surface area contributed by atoms with Crippen LogP contribution in [0.2, 0.25) is 5.02 Å². The molecule has 0 aliphatic carbocycles. The van der Waals surface area contributed by atoms with Gasteiger partial charge in [-0.3, -0.25) is 4.79 Å². The van der Waals surface area contributed by atoms with Crippen LogP contribution in [-0.2, 0) is 4.79 Å². The van der Waals surface area contributed by atoms with Gasteiger partial charge in [-0.2, -0.15) is 0 Å². The Labute approximate surface area is 98.4 Å². The highest BCUT2D eigenvalue weighted by molar-refractivity contribution is 6.33. The maximum atomic E-state index is 11.0. The monoisotopic (exact) mass is 244 g/mol. The fourth-order valence-corrected chi connectivity index (χ4v) is 1.69. The summed E-state index contributed by atoms with van der Waals surface area (Å²) in [5.41, 5.74) is 0.480. The van der Waals surface area contributed by atoms with E-state index in [2.05, 4.69) is 0 Å². The zero-order chi connectivity index (χ0) is 12.3. The molecule has 0 fully saturated rings. The Morgan fingerprint density at radius 2 is 2.19 bits per heavy atom. The quantitative estimate of drug-likeness (QED) is 0.855. The number of halogens is 1. The molecule has 0 radical (unpaired) electrons. The largest absolute Gasteiger partial charge is 0.506 e. The molecule has 1 rings (SSSR count). The number of aromatic hydroxyl groups is 1. The minimum absolute atomic E-state index is 0.0893. The van der Waals surface area contributed by atoms with Gasteiger partial charge in [-0.25, -0.2) is 0 Å². The zero-order valence-electron chi connectivity index (χ0n) is 9.03. The second-order valence-electron chi connectivity index (χ2n) is 3.36. The molecule has 1 aromatic rings. The van der Waals surface area contributed by atoms with E-state index in [0.717, 1.165) is 0 Å². The first kappa shape index (κ1) is 12.6. The minimum atomic E-state index is -0.939. The van der Waals surface area contributed by atoms with Crippen LogP contribution in [0.4, 0.5) is 0 Å². The Hall–Kier alpha value is -1.42. The molecular formula is C11H13ClO4. The number of hydrogen-bond donors (Lipinski definition) is 2. The molecule has 0 saturated heterocycles. The lowest BCUT2D eigenvalue weighted by molar-refractivity contribution is -0.138. The summed E-state index contributed by atoms with van der Waals surface area (Å²) in [6, 6.07) is 2.89. The number of benzene rings is 1. The number of phenols is 1. The average molecular weight is 245 g/mol. The predicted molar refractivity (Wildman–Crippen MR) is 60.3 cm³/mol. The normalized spacial score (nSPS) is 12.2. The highest BCUT2D eigenvalue weighted by atomic mass is 35.5. The number of phenolic OH excluding ortho intramolecular Hbond substituents is 1. The molecule has 0 bridgehead atoms. The molecule has 88 valence electrons. The van der Waals surface area contributed by atoms with Gasteiger partial charge in [0.25, 0.3) is 0 Å². The van der Waals surface area contributed by atoms with Crippen molar-refractivity contribution < 1.29 is 19.7 Å². The van der Waals surface area contributed by atoms with Crippen molar-refractivity contribution in [3.63, 3.8) is 0 Å². The predicted octanol–water partition coefficient (Wildman–Crippen LogP) is 2.63. The van der Waals surface area contributed by atoms with E-state index >= 15 is 0 Å². The SMILES string of the molecule is CCC(C(=O)O)c1cc(O)c(Cl)c(OC)c1. The van der Waals surface area contributed by atoms with Crippen LogP contribution >= 0.6 is 11.6 Å². The molecule has 0 heterocycles. The molecule has 0 amide bonds. The van der Waals surface area contributed by atoms with E-state index in [1.54, 1.807) is 6.92 Å². The van der Waals surface area contributed by atoms with Crippen molar-refractivity contribution in [3.8, 4) is 11.5 Å². The van der Waals surface area contributed by atoms with Crippen LogP contribution < -0.4 is 4.74 Å². The van der Waals surface area contributed by atoms with E-state index in [-0.39, 0.29) is 16.5 Å². The summed E-state index contributed by atoms with van der Waals surface area (Å²) < 4.78 is 4.96. The van der Waals surface area contributed by atoms with Crippen LogP contribution in [0.25, 0.3) is 0 Å². The molecule has 0 aliphatic heterocycles. The summed E-state index contributed by atoms with van der Waals surface area (Å²) in [6.07, 6.45) is 0.430. The van der Waals surface area contributed by atoms with E-state index in [4.69, 9.17) is 21.4 Å². The van der Waals surface area contributed by atoms with E-state index in [9.17, 15) is 9.90 Å². The fraction of sp³-hybridized carbons (Fsp3) is 0.364. The number of carbonyl (C=O) groups is 1. The van der Waals surface area contributed by atoms with Gasteiger partial charge in [0.15, 0.2) is 0 Å². The maximum absolute atomic E-state index is 11.0. The Bertz CT molecular complexity index is 403. The molecule has 0 aromatic heterocycles. The maximum Gasteiger partial charge on any atom is 0.310 e. The summed E-state index contributed by atoms with van der Waals surface area (Å²) >= 11 is 5.77. The smallest absolute Gasteiger partial charge is 0.310 e. The number of aliphatic carboxylic acids is 1. The Morgan fingerprint density at radius 1 is 1.56 bits per heavy atom. The second kappa shape index (κ2) is 5.07. The van der Waals surface area contributed by atoms with Crippen LogP contribution in [0.3, 0.4) is 0 Å². The molecule has 0 aliphatic rings. The Kier molecular flexibility index (Phi) is 4.01. The highest BCUT2D eigenvalue weighted by Gasteiger charge is 2.20. The topological polar surface area (TPSA) is 66.8 Å². The molecule has 1 unspecified atom stereocenters. The van der Waals surface area contributed by atoms with Crippen LogP contribution in [0.15, 0.2) is 12.1 Å². The number of ether oxygens (including phenoxy) is 1. The van der Waals surface area contributed by atoms with Crippen molar-refractivity contribution in [1.29, 1.82) is 0 Å². The van der Waals surface area contributed by atoms with Crippen molar-refractivity contribution in [2.75, 3.05) is 7.11 Å². The summed E-state index contributed by atoms with van der Waals surface area (Å²) in [5.74, 6) is -1.50. The Morgan fingerprint density at radius 3 is 2.62 bits per heavy atom. The molecular weight excluding hydrogens is 232 g/mol. The average Bonchev–Trinajstić information content (AvgIpc) is 2.23. The number of carboxylic acids is 1. The van der Waals surface area contributed by atoms with Crippen LogP contribution in [0.1, 0.15) is 24.8 Å². The van der Waals surface area contributed by atoms with Crippen molar-refractivity contribution in [2.45, 2.75) is 19.3 Å². The van der Waals surface area contributed by atoms with Gasteiger partial charge in [0.1, 0.15) is 16.5 Å². The summed E-state index contributed by atoms with van der Waals surface area (Å²) in [5, 5.41) is 18.6. The molecule has 4 nitrogen and oxygen atoms in total. The highest BCUT2D eigenvalue weighted by Crippen LogP contribution is 2.37. The van der Waals surface area contributed by atoms with Crippen molar-refractivity contribution in [1.82, 2.24) is 0 Å². The second-order valence-corrected chi connectivity index (χ2v) is 3.73. The molecule has 16 heavy (non-hydrogen) atoms. The van der Waals surface area contributed by atoms with Crippen LogP contribution in [0, 0.1) is 0 Å². The Balaban J connectivity index is 3.24. The molecule has 5 heteroatoms. The third kappa shape index (κ3) is 2.39. The summed E-state index contributed by atoms with van der Waals surface area (Å²) in [6.45, 7) is 1.76. The molecule has 0 spiro atoms. The first-order valence-corrected chi connectivity index (χ1v) is 5.18. The lowest BCUT2D eigenvalue weighted by Gasteiger charge is -2.13. The molecule has 0 saturated carbocycles. The third-order valence-electron chi connectivity index (χ3n) is 2.37. The zero-order valence-corrected chi connectivity index (χ0v) is 9.78. The lowest BCUT2D eigenvalue weighted by Crippen LogP contribution is -2.10. The van der Waals surface area contributed by atoms with Gasteiger partial charge in [0.05, 0.1) is 13.0 Å². The van der Waals surface area contributed by atoms with Gasteiger partial charge >= 0.3 is 5.97 Å². The van der Waals surface area contributed by atoms with Gasteiger partial charge in [-0.1, -0.05) is 18.5 Å². The van der Waals surface area contributed by atoms with Crippen molar-refractivity contribution >= 4 is 17.6 Å². The standard InChI is InChI=1S/C11H13ClO4/c1-3-7(11(14)15)6-4-8(13)10(12)9(5-6)16-2/h4-5,7,13H,3H2,1-2H3,(H,14,15). The number of carboxylic acid groups (broad SMARTS) is 1. The molecule has 1 atom stereocenters. The van der Waals surface area contributed by atoms with Gasteiger partial charge in [-0.15, -0.1) is 0 Å². The first-order valence-electron chi connectivity index (χ1n) is 4.80. The minimum Gasteiger partial charge on any atom is -0.506 e. The number of hydrogen-bond acceptors (Lipinski definition) is 3. The number of methoxy groups -OCH3 is 1. The van der Waals surface area contributed by atoms with Crippen molar-refractivity contribution in [3.05, 3.63) is 22.7 Å². The summed E-state index contributed by atoms with van der Waals surface area (Å²) in [4.78, 5) is 11.0. The number of rotatable bonds is 4. The van der Waals surface area contributed by atoms with Crippen LogP contribution in [0.5, 0.6) is 11.5 Å². The van der Waals surface area contributed by atoms with Gasteiger partial charge in [0, 0.05) is 0 Å². The molecule has 1 aromatic carbocycles. The van der Waals surface area contributed by atoms with E-state index in [0.29, 0.717) is 12.0 Å². The van der Waals surface area contributed by atoms with Gasteiger partial charge in [-0.05, 0) is 24.1 Å². The van der Waals surface area contributed by atoms with Gasteiger partial charge in [0.2, 0.25) is 0 Å². The lowest BCUT2D eigenvalue weighted by atomic mass is 9.96. The summed E-state index contributed by atoms with van der Waals surface area (Å²) in [7, 11) is 1.41. The van der Waals surface area contributed by atoms with Gasteiger partial charge < -0.3 is 14.9 Å². The van der Waals surface area contributed by atoms with Crippen molar-refractivity contribution in [2.24, 2.45) is 0 Å². The first-order chi connectivity index (χ1) is 7.51. The fourth-order valence-electron chi connectivity index (χ4n) is 1.51. The van der Waals surface area contributed by atoms with E-state index < -0.39 is 11.9 Å². The molecule has 2 N–H and O–H groups in total.